The van der Waals surface area contributed by atoms with Gasteiger partial charge in [0, 0.05) is 22.5 Å². The molecule has 7 rings (SSSR count). The van der Waals surface area contributed by atoms with Crippen molar-refractivity contribution >= 4 is 29.0 Å². The van der Waals surface area contributed by atoms with Gasteiger partial charge in [-0.1, -0.05) is 72.9 Å². The second-order valence-electron chi connectivity index (χ2n) is 12.1. The van der Waals surface area contributed by atoms with Crippen molar-refractivity contribution in [1.29, 1.82) is 0 Å². The fourth-order valence-corrected chi connectivity index (χ4v) is 10.3. The lowest BCUT2D eigenvalue weighted by molar-refractivity contribution is -0.0298. The Labute approximate surface area is 221 Å². The van der Waals surface area contributed by atoms with Crippen LogP contribution in [-0.4, -0.2) is 22.8 Å². The average Bonchev–Trinajstić information content (AvgIpc) is 2.89. The normalized spacial score (nSPS) is 37.8. The number of thioether (sulfide) groups is 1. The molecule has 2 unspecified atom stereocenters. The first-order valence-electron chi connectivity index (χ1n) is 13.8. The molecule has 0 spiro atoms. The summed E-state index contributed by atoms with van der Waals surface area (Å²) in [7, 11) is 0. The lowest BCUT2D eigenvalue weighted by Gasteiger charge is -2.65. The zero-order valence-electron chi connectivity index (χ0n) is 20.8. The fourth-order valence-electron chi connectivity index (χ4n) is 8.42. The minimum atomic E-state index is 0.186. The molecule has 0 heterocycles. The van der Waals surface area contributed by atoms with Gasteiger partial charge in [0.25, 0.3) is 0 Å². The number of hydrogen-bond donors (Lipinski definition) is 2. The second-order valence-corrected chi connectivity index (χ2v) is 13.7. The van der Waals surface area contributed by atoms with Gasteiger partial charge in [0.2, 0.25) is 0 Å². The van der Waals surface area contributed by atoms with E-state index in [-0.39, 0.29) is 5.41 Å². The van der Waals surface area contributed by atoms with Crippen LogP contribution in [0.3, 0.4) is 0 Å². The molecule has 4 heteroatoms. The molecule has 5 aliphatic rings. The predicted octanol–water partition coefficient (Wildman–Crippen LogP) is 6.87. The minimum Gasteiger partial charge on any atom is -0.376 e. The van der Waals surface area contributed by atoms with Crippen molar-refractivity contribution in [1.82, 2.24) is 5.32 Å². The quantitative estimate of drug-likeness (QED) is 0.404. The van der Waals surface area contributed by atoms with Gasteiger partial charge in [-0.15, -0.1) is 0 Å². The number of rotatable bonds is 7. The van der Waals surface area contributed by atoms with Crippen LogP contribution in [-0.2, 0) is 11.2 Å². The Morgan fingerprint density at radius 2 is 1.51 bits per heavy atom. The van der Waals surface area contributed by atoms with Gasteiger partial charge in [-0.05, 0) is 98.6 Å². The van der Waals surface area contributed by atoms with Crippen LogP contribution in [0.1, 0.15) is 68.9 Å². The van der Waals surface area contributed by atoms with E-state index in [4.69, 9.17) is 18.0 Å². The van der Waals surface area contributed by atoms with Gasteiger partial charge in [-0.3, -0.25) is 0 Å². The van der Waals surface area contributed by atoms with Gasteiger partial charge >= 0.3 is 0 Å². The van der Waals surface area contributed by atoms with Crippen molar-refractivity contribution in [2.24, 2.45) is 28.9 Å². The van der Waals surface area contributed by atoms with E-state index in [1.807, 2.05) is 0 Å². The largest absolute Gasteiger partial charge is 0.376 e. The molecule has 0 aromatic heterocycles. The van der Waals surface area contributed by atoms with E-state index in [0.717, 1.165) is 29.4 Å². The summed E-state index contributed by atoms with van der Waals surface area (Å²) in [5, 5.41) is 4.71. The maximum atomic E-state index is 6.32. The van der Waals surface area contributed by atoms with Crippen LogP contribution < -0.4 is 11.1 Å². The zero-order valence-corrected chi connectivity index (χ0v) is 22.5. The van der Waals surface area contributed by atoms with E-state index >= 15 is 0 Å². The van der Waals surface area contributed by atoms with E-state index in [1.165, 1.54) is 68.3 Å². The Morgan fingerprint density at radius 3 is 2.14 bits per heavy atom. The molecular weight excluding hydrogens is 464 g/mol. The second kappa shape index (κ2) is 9.84. The lowest BCUT2D eigenvalue weighted by atomic mass is 9.42. The van der Waals surface area contributed by atoms with E-state index in [1.54, 1.807) is 5.56 Å². The van der Waals surface area contributed by atoms with Crippen molar-refractivity contribution in [3.05, 3.63) is 71.8 Å². The van der Waals surface area contributed by atoms with Gasteiger partial charge in [-0.25, -0.2) is 0 Å². The molecular formula is C31H40N2S2. The Kier molecular flexibility index (Phi) is 6.75. The van der Waals surface area contributed by atoms with E-state index in [9.17, 15) is 0 Å². The topological polar surface area (TPSA) is 38.0 Å². The van der Waals surface area contributed by atoms with Crippen molar-refractivity contribution in [2.75, 3.05) is 6.54 Å². The summed E-state index contributed by atoms with van der Waals surface area (Å²) in [4.78, 5) is 1.20. The molecule has 0 radical (unpaired) electrons. The molecule has 2 aromatic rings. The van der Waals surface area contributed by atoms with Gasteiger partial charge in [-0.2, -0.15) is 11.8 Å². The van der Waals surface area contributed by atoms with Crippen LogP contribution in [0, 0.1) is 23.2 Å². The third-order valence-electron chi connectivity index (χ3n) is 9.89. The molecule has 0 saturated heterocycles. The fraction of sp³-hybridized carbons (Fsp3) is 0.581. The zero-order chi connectivity index (χ0) is 23.9. The first kappa shape index (κ1) is 24.0. The van der Waals surface area contributed by atoms with E-state index < -0.39 is 0 Å². The molecule has 0 amide bonds. The molecule has 5 aliphatic carbocycles. The Bertz CT molecular complexity index is 999. The molecule has 5 fully saturated rings. The molecule has 5 saturated carbocycles. The van der Waals surface area contributed by atoms with Crippen LogP contribution in [0.4, 0.5) is 0 Å². The molecule has 0 aliphatic heterocycles. The highest BCUT2D eigenvalue weighted by Crippen LogP contribution is 2.68. The Morgan fingerprint density at radius 1 is 0.886 bits per heavy atom. The smallest absolute Gasteiger partial charge is 0.0818 e. The number of nitrogens with one attached hydrogen (secondary N) is 1. The van der Waals surface area contributed by atoms with Crippen molar-refractivity contribution in [3.63, 3.8) is 0 Å². The third kappa shape index (κ3) is 4.60. The maximum absolute atomic E-state index is 6.32. The lowest BCUT2D eigenvalue weighted by Crippen LogP contribution is -2.63. The molecule has 186 valence electrons. The number of nitrogens with two attached hydrogens (primary N) is 1. The van der Waals surface area contributed by atoms with Crippen LogP contribution >= 0.6 is 24.0 Å². The van der Waals surface area contributed by atoms with Gasteiger partial charge < -0.3 is 11.1 Å². The molecule has 4 bridgehead atoms. The predicted molar refractivity (Wildman–Crippen MR) is 153 cm³/mol. The molecule has 35 heavy (non-hydrogen) atoms. The first-order valence-corrected chi connectivity index (χ1v) is 15.3. The number of benzene rings is 2. The highest BCUT2D eigenvalue weighted by Gasteiger charge is 2.63. The molecule has 2 aromatic carbocycles. The summed E-state index contributed by atoms with van der Waals surface area (Å²) in [5.41, 5.74) is 9.47. The first-order chi connectivity index (χ1) is 17.1. The van der Waals surface area contributed by atoms with Crippen LogP contribution in [0.15, 0.2) is 60.7 Å². The monoisotopic (exact) mass is 504 g/mol. The van der Waals surface area contributed by atoms with Crippen LogP contribution in [0.25, 0.3) is 0 Å². The Hall–Kier alpha value is -1.36. The SMILES string of the molecule is NC[C@H]1CC[C@H](NC(=S)C23CC4CC(c5ccccc5)(CC(C2)C4SCc2ccccc2)C3)CC1. The molecule has 3 N–H and O–H groups in total. The van der Waals surface area contributed by atoms with Crippen molar-refractivity contribution < 1.29 is 0 Å². The van der Waals surface area contributed by atoms with Crippen molar-refractivity contribution in [2.45, 2.75) is 80.2 Å². The van der Waals surface area contributed by atoms with Crippen LogP contribution in [0.2, 0.25) is 0 Å². The summed E-state index contributed by atoms with van der Waals surface area (Å²) in [6.45, 7) is 0.839. The van der Waals surface area contributed by atoms with Gasteiger partial charge in [0.05, 0.1) is 4.99 Å². The van der Waals surface area contributed by atoms with Crippen molar-refractivity contribution in [3.8, 4) is 0 Å². The van der Waals surface area contributed by atoms with Gasteiger partial charge in [0.15, 0.2) is 0 Å². The van der Waals surface area contributed by atoms with E-state index in [2.05, 4.69) is 77.7 Å². The highest BCUT2D eigenvalue weighted by molar-refractivity contribution is 7.99. The summed E-state index contributed by atoms with van der Waals surface area (Å²) in [6, 6.07) is 23.1. The number of thiocarbonyl (C=S) groups is 1. The highest BCUT2D eigenvalue weighted by atomic mass is 32.2. The summed E-state index contributed by atoms with van der Waals surface area (Å²) in [5.74, 6) is 3.37. The molecule has 2 nitrogen and oxygen atoms in total. The van der Waals surface area contributed by atoms with Gasteiger partial charge in [0.1, 0.15) is 0 Å². The maximum Gasteiger partial charge on any atom is 0.0818 e. The van der Waals surface area contributed by atoms with Crippen LogP contribution in [0.5, 0.6) is 0 Å². The minimum absolute atomic E-state index is 0.186. The summed E-state index contributed by atoms with van der Waals surface area (Å²) < 4.78 is 0. The summed E-state index contributed by atoms with van der Waals surface area (Å²) >= 11 is 8.55. The Balaban J connectivity index is 1.23. The average molecular weight is 505 g/mol. The number of hydrogen-bond acceptors (Lipinski definition) is 3. The molecule has 2 atom stereocenters. The third-order valence-corrected chi connectivity index (χ3v) is 12.1. The standard InChI is InChI=1S/C31H40N2S2/c32-19-22-11-13-27(14-12-22)33-29(34)31-17-24-15-30(21-31,26-9-5-2-6-10-26)16-25(18-31)28(24)35-20-23-7-3-1-4-8-23/h1-10,22,24-25,27-28H,11-21,32H2,(H,33,34)/t22-,24?,25?,27-,28?,30?,31?. The van der Waals surface area contributed by atoms with E-state index in [0.29, 0.717) is 17.4 Å². The summed E-state index contributed by atoms with van der Waals surface area (Å²) in [6.07, 6.45) is 11.5.